The molecule has 0 spiro atoms. The van der Waals surface area contributed by atoms with E-state index in [-0.39, 0.29) is 8.22 Å². The second-order valence-corrected chi connectivity index (χ2v) is 12.0. The topological polar surface area (TPSA) is 6.48 Å². The minimum absolute atomic E-state index is 0.382. The van der Waals surface area contributed by atoms with E-state index in [4.69, 9.17) is 0 Å². The van der Waals surface area contributed by atoms with Gasteiger partial charge in [-0.1, -0.05) is 91.0 Å². The van der Waals surface area contributed by atoms with Crippen molar-refractivity contribution in [1.82, 2.24) is 9.34 Å². The van der Waals surface area contributed by atoms with Crippen molar-refractivity contribution in [3.8, 4) is 0 Å². The van der Waals surface area contributed by atoms with Crippen LogP contribution in [-0.4, -0.2) is 35.5 Å². The van der Waals surface area contributed by atoms with Crippen LogP contribution in [0.15, 0.2) is 91.0 Å². The first-order valence-corrected chi connectivity index (χ1v) is 14.0. The number of piperidine rings is 2. The molecule has 3 aromatic carbocycles. The van der Waals surface area contributed by atoms with Crippen molar-refractivity contribution in [2.45, 2.75) is 38.5 Å². The van der Waals surface area contributed by atoms with Crippen LogP contribution in [0, 0.1) is 11.8 Å². The molecule has 3 heteroatoms. The summed E-state index contributed by atoms with van der Waals surface area (Å²) in [5, 5.41) is 1.54. The SMILES string of the molecule is c1ccc(CC2CCN(P(c3ccccc3)N3CCC(Cc4ccccc4)CC3)CC2)cc1. The van der Waals surface area contributed by atoms with Crippen LogP contribution in [0.25, 0.3) is 0 Å². The van der Waals surface area contributed by atoms with Crippen molar-refractivity contribution in [1.29, 1.82) is 0 Å². The van der Waals surface area contributed by atoms with Gasteiger partial charge in [-0.15, -0.1) is 0 Å². The first kappa shape index (κ1) is 22.8. The molecule has 0 saturated carbocycles. The van der Waals surface area contributed by atoms with Gasteiger partial charge in [-0.2, -0.15) is 0 Å². The Labute approximate surface area is 201 Å². The molecule has 2 saturated heterocycles. The highest BCUT2D eigenvalue weighted by molar-refractivity contribution is 7.61. The second-order valence-electron chi connectivity index (χ2n) is 9.80. The van der Waals surface area contributed by atoms with Crippen LogP contribution in [-0.2, 0) is 12.8 Å². The van der Waals surface area contributed by atoms with Crippen LogP contribution >= 0.6 is 8.22 Å². The molecule has 0 radical (unpaired) electrons. The molecule has 0 aliphatic carbocycles. The Bertz CT molecular complexity index is 885. The van der Waals surface area contributed by atoms with E-state index in [1.54, 1.807) is 0 Å². The number of nitrogens with zero attached hydrogens (tertiary/aromatic N) is 2. The zero-order valence-electron chi connectivity index (χ0n) is 19.7. The molecule has 2 fully saturated rings. The standard InChI is InChI=1S/C30H37N2P/c1-4-10-26(11-5-1)24-28-16-20-31(21-17-28)33(30-14-8-3-9-15-30)32-22-18-29(19-23-32)25-27-12-6-2-7-13-27/h1-15,28-29H,16-25H2. The summed E-state index contributed by atoms with van der Waals surface area (Å²) in [6.07, 6.45) is 7.78. The van der Waals surface area contributed by atoms with Crippen molar-refractivity contribution >= 4 is 13.5 Å². The summed E-state index contributed by atoms with van der Waals surface area (Å²) < 4.78 is 5.67. The summed E-state index contributed by atoms with van der Waals surface area (Å²) in [4.78, 5) is 0. The van der Waals surface area contributed by atoms with Crippen LogP contribution in [0.4, 0.5) is 0 Å². The number of hydrogen-bond acceptors (Lipinski definition) is 2. The monoisotopic (exact) mass is 456 g/mol. The molecule has 2 aliphatic heterocycles. The Kier molecular flexibility index (Phi) is 7.89. The Balaban J connectivity index is 1.21. The van der Waals surface area contributed by atoms with E-state index in [9.17, 15) is 0 Å². The first-order valence-electron chi connectivity index (χ1n) is 12.8. The van der Waals surface area contributed by atoms with Gasteiger partial charge in [0.25, 0.3) is 0 Å². The maximum atomic E-state index is 2.84. The summed E-state index contributed by atoms with van der Waals surface area (Å²) in [7, 11) is -0.382. The number of benzene rings is 3. The maximum Gasteiger partial charge on any atom is 0.0724 e. The van der Waals surface area contributed by atoms with E-state index in [1.807, 2.05) is 0 Å². The van der Waals surface area contributed by atoms with Gasteiger partial charge in [0.1, 0.15) is 0 Å². The van der Waals surface area contributed by atoms with E-state index in [1.165, 1.54) is 81.1 Å². The Hall–Kier alpha value is -1.99. The normalized spacial score (nSPS) is 19.2. The highest BCUT2D eigenvalue weighted by Gasteiger charge is 2.33. The molecule has 0 amide bonds. The predicted molar refractivity (Wildman–Crippen MR) is 142 cm³/mol. The Morgan fingerprint density at radius 3 is 1.27 bits per heavy atom. The van der Waals surface area contributed by atoms with Gasteiger partial charge < -0.3 is 0 Å². The molecule has 2 aliphatic rings. The zero-order chi connectivity index (χ0) is 22.3. The van der Waals surface area contributed by atoms with E-state index < -0.39 is 0 Å². The Morgan fingerprint density at radius 2 is 0.879 bits per heavy atom. The lowest BCUT2D eigenvalue weighted by atomic mass is 9.91. The van der Waals surface area contributed by atoms with Gasteiger partial charge in [-0.25, -0.2) is 0 Å². The van der Waals surface area contributed by atoms with Gasteiger partial charge in [0, 0.05) is 31.5 Å². The van der Waals surface area contributed by atoms with Crippen molar-refractivity contribution in [2.24, 2.45) is 11.8 Å². The highest BCUT2D eigenvalue weighted by Crippen LogP contribution is 2.47. The first-order chi connectivity index (χ1) is 16.3. The fourth-order valence-corrected chi connectivity index (χ4v) is 8.26. The largest absolute Gasteiger partial charge is 0.266 e. The van der Waals surface area contributed by atoms with E-state index >= 15 is 0 Å². The molecule has 33 heavy (non-hydrogen) atoms. The number of hydrogen-bond donors (Lipinski definition) is 0. The van der Waals surface area contributed by atoms with Crippen LogP contribution in [0.1, 0.15) is 36.8 Å². The fraction of sp³-hybridized carbons (Fsp3) is 0.400. The van der Waals surface area contributed by atoms with Crippen LogP contribution < -0.4 is 5.30 Å². The predicted octanol–water partition coefficient (Wildman–Crippen LogP) is 6.53. The van der Waals surface area contributed by atoms with Crippen molar-refractivity contribution in [3.63, 3.8) is 0 Å². The van der Waals surface area contributed by atoms with Gasteiger partial charge in [-0.3, -0.25) is 9.34 Å². The average Bonchev–Trinajstić information content (AvgIpc) is 2.88. The molecule has 0 aromatic heterocycles. The minimum atomic E-state index is -0.382. The third kappa shape index (κ3) is 6.12. The smallest absolute Gasteiger partial charge is 0.0724 e. The summed E-state index contributed by atoms with van der Waals surface area (Å²) in [6.45, 7) is 4.95. The molecular weight excluding hydrogens is 419 g/mol. The minimum Gasteiger partial charge on any atom is -0.266 e. The molecular formula is C30H37N2P. The Morgan fingerprint density at radius 1 is 0.515 bits per heavy atom. The maximum absolute atomic E-state index is 2.84. The van der Waals surface area contributed by atoms with E-state index in [0.717, 1.165) is 11.8 Å². The summed E-state index contributed by atoms with van der Waals surface area (Å²) in [6, 6.07) is 33.5. The summed E-state index contributed by atoms with van der Waals surface area (Å²) in [5.41, 5.74) is 3.00. The van der Waals surface area contributed by atoms with Gasteiger partial charge in [0.2, 0.25) is 0 Å². The van der Waals surface area contributed by atoms with Gasteiger partial charge in [0.05, 0.1) is 8.22 Å². The molecule has 0 unspecified atom stereocenters. The number of rotatable bonds is 7. The molecule has 5 rings (SSSR count). The zero-order valence-corrected chi connectivity index (χ0v) is 20.6. The van der Waals surface area contributed by atoms with Crippen LogP contribution in [0.5, 0.6) is 0 Å². The quantitative estimate of drug-likeness (QED) is 0.373. The molecule has 0 bridgehead atoms. The van der Waals surface area contributed by atoms with Gasteiger partial charge in [-0.05, 0) is 61.5 Å². The van der Waals surface area contributed by atoms with Gasteiger partial charge in [0.15, 0.2) is 0 Å². The molecule has 0 atom stereocenters. The average molecular weight is 457 g/mol. The lowest BCUT2D eigenvalue weighted by Gasteiger charge is -2.45. The molecule has 172 valence electrons. The van der Waals surface area contributed by atoms with Crippen LogP contribution in [0.2, 0.25) is 0 Å². The van der Waals surface area contributed by atoms with Crippen molar-refractivity contribution in [3.05, 3.63) is 102 Å². The molecule has 2 nitrogen and oxygen atoms in total. The fourth-order valence-electron chi connectivity index (χ4n) is 5.59. The second kappa shape index (κ2) is 11.4. The highest BCUT2D eigenvalue weighted by atomic mass is 31.1. The lowest BCUT2D eigenvalue weighted by molar-refractivity contribution is 0.245. The van der Waals surface area contributed by atoms with E-state index in [0.29, 0.717) is 0 Å². The van der Waals surface area contributed by atoms with E-state index in [2.05, 4.69) is 100 Å². The third-order valence-electron chi connectivity index (χ3n) is 7.44. The lowest BCUT2D eigenvalue weighted by Crippen LogP contribution is -2.41. The summed E-state index contributed by atoms with van der Waals surface area (Å²) >= 11 is 0. The molecule has 2 heterocycles. The van der Waals surface area contributed by atoms with Crippen LogP contribution in [0.3, 0.4) is 0 Å². The van der Waals surface area contributed by atoms with Gasteiger partial charge >= 0.3 is 0 Å². The molecule has 0 N–H and O–H groups in total. The third-order valence-corrected chi connectivity index (χ3v) is 10.1. The van der Waals surface area contributed by atoms with Crippen molar-refractivity contribution < 1.29 is 0 Å². The summed E-state index contributed by atoms with van der Waals surface area (Å²) in [5.74, 6) is 1.65. The molecule has 3 aromatic rings. The van der Waals surface area contributed by atoms with Crippen molar-refractivity contribution in [2.75, 3.05) is 26.2 Å².